The Balaban J connectivity index is 1.44. The lowest BCUT2D eigenvalue weighted by Crippen LogP contribution is -2.39. The minimum atomic E-state index is -0.00713. The summed E-state index contributed by atoms with van der Waals surface area (Å²) in [6.07, 6.45) is 17.5. The van der Waals surface area contributed by atoms with Crippen LogP contribution in [0.25, 0.3) is 11.2 Å². The van der Waals surface area contributed by atoms with Crippen molar-refractivity contribution in [2.75, 3.05) is 13.1 Å². The summed E-state index contributed by atoms with van der Waals surface area (Å²) in [5, 5.41) is 0.597. The third-order valence-corrected chi connectivity index (χ3v) is 7.70. The number of pyridine rings is 1. The zero-order chi connectivity index (χ0) is 24.0. The number of halogens is 1. The first-order valence-electron chi connectivity index (χ1n) is 12.3. The predicted molar refractivity (Wildman–Crippen MR) is 138 cm³/mol. The minimum Gasteiger partial charge on any atom is -0.305 e. The Bertz CT molecular complexity index is 1240. The largest absolute Gasteiger partial charge is 0.305 e. The molecule has 3 aliphatic heterocycles. The van der Waals surface area contributed by atoms with Crippen LogP contribution in [0, 0.1) is 18.8 Å². The Morgan fingerprint density at radius 1 is 1.15 bits per heavy atom. The van der Waals surface area contributed by atoms with Crippen molar-refractivity contribution in [3.63, 3.8) is 0 Å². The lowest BCUT2D eigenvalue weighted by molar-refractivity contribution is -0.122. The highest BCUT2D eigenvalue weighted by molar-refractivity contribution is 6.33. The van der Waals surface area contributed by atoms with Gasteiger partial charge in [-0.25, -0.2) is 4.98 Å². The molecule has 0 spiro atoms. The van der Waals surface area contributed by atoms with Crippen molar-refractivity contribution < 1.29 is 4.79 Å². The Morgan fingerprint density at radius 3 is 2.65 bits per heavy atom. The van der Waals surface area contributed by atoms with Gasteiger partial charge in [0.15, 0.2) is 5.65 Å². The number of piperidine rings is 1. The first kappa shape index (κ1) is 23.1. The van der Waals surface area contributed by atoms with E-state index in [1.807, 2.05) is 34.7 Å². The zero-order valence-electron chi connectivity index (χ0n) is 20.5. The van der Waals surface area contributed by atoms with E-state index < -0.39 is 0 Å². The number of hydrogen-bond donors (Lipinski definition) is 0. The SMILES string of the molecule is Cc1cn2cc(C3=CC(=O)N4C=C(C5CCN(C(C)C)CC5)C=CC4=CCC3C)cc(Cl)c2n1. The van der Waals surface area contributed by atoms with Crippen molar-refractivity contribution in [1.82, 2.24) is 19.2 Å². The average molecular weight is 477 g/mol. The van der Waals surface area contributed by atoms with Gasteiger partial charge in [0, 0.05) is 36.4 Å². The fourth-order valence-corrected chi connectivity index (χ4v) is 5.61. The van der Waals surface area contributed by atoms with Crippen LogP contribution < -0.4 is 0 Å². The molecule has 0 radical (unpaired) electrons. The number of amides is 1. The predicted octanol–water partition coefficient (Wildman–Crippen LogP) is 6.01. The highest BCUT2D eigenvalue weighted by atomic mass is 35.5. The standard InChI is InChI=1S/C28H33ClN4O/c1-18(2)31-11-9-21(10-12-31)22-6-8-24-7-5-19(3)25(14-27(34)33(24)17-22)23-13-26(29)28-30-20(4)15-32(28)16-23/h6-8,13-19,21H,5,9-12H2,1-4H3. The molecule has 1 unspecified atom stereocenters. The molecule has 1 amide bonds. The molecule has 178 valence electrons. The molecule has 0 saturated carbocycles. The van der Waals surface area contributed by atoms with Crippen molar-refractivity contribution in [2.24, 2.45) is 11.8 Å². The number of carbonyl (C=O) groups is 1. The van der Waals surface area contributed by atoms with Crippen LogP contribution in [0.4, 0.5) is 0 Å². The maximum absolute atomic E-state index is 13.5. The van der Waals surface area contributed by atoms with Crippen molar-refractivity contribution >= 4 is 28.7 Å². The maximum Gasteiger partial charge on any atom is 0.255 e. The van der Waals surface area contributed by atoms with Crippen LogP contribution in [0.2, 0.25) is 5.02 Å². The van der Waals surface area contributed by atoms with Gasteiger partial charge in [-0.3, -0.25) is 9.69 Å². The van der Waals surface area contributed by atoms with E-state index in [2.05, 4.69) is 55.1 Å². The second kappa shape index (κ2) is 9.20. The fourth-order valence-electron chi connectivity index (χ4n) is 5.35. The first-order valence-corrected chi connectivity index (χ1v) is 12.7. The summed E-state index contributed by atoms with van der Waals surface area (Å²) < 4.78 is 1.95. The highest BCUT2D eigenvalue weighted by Gasteiger charge is 2.27. The molecule has 3 aliphatic rings. The number of aromatic nitrogens is 2. The van der Waals surface area contributed by atoms with Gasteiger partial charge in [-0.2, -0.15) is 0 Å². The molecule has 1 saturated heterocycles. The summed E-state index contributed by atoms with van der Waals surface area (Å²) in [4.78, 5) is 22.4. The molecule has 6 heteroatoms. The van der Waals surface area contributed by atoms with E-state index in [4.69, 9.17) is 11.6 Å². The number of rotatable bonds is 3. The molecule has 5 rings (SSSR count). The molecule has 34 heavy (non-hydrogen) atoms. The van der Waals surface area contributed by atoms with Gasteiger partial charge in [-0.15, -0.1) is 0 Å². The zero-order valence-corrected chi connectivity index (χ0v) is 21.2. The van der Waals surface area contributed by atoms with Gasteiger partial charge in [-0.1, -0.05) is 30.7 Å². The number of carbonyl (C=O) groups excluding carboxylic acids is 1. The van der Waals surface area contributed by atoms with Crippen LogP contribution in [0.1, 0.15) is 51.3 Å². The van der Waals surface area contributed by atoms with Gasteiger partial charge in [0.05, 0.1) is 10.7 Å². The number of allylic oxidation sites excluding steroid dienone is 5. The van der Waals surface area contributed by atoms with E-state index in [1.165, 1.54) is 5.57 Å². The number of imidazole rings is 1. The molecule has 0 aliphatic carbocycles. The summed E-state index contributed by atoms with van der Waals surface area (Å²) in [6.45, 7) is 10.9. The van der Waals surface area contributed by atoms with Gasteiger partial charge in [-0.05, 0) is 93.8 Å². The van der Waals surface area contributed by atoms with E-state index in [9.17, 15) is 4.79 Å². The molecule has 1 atom stereocenters. The lowest BCUT2D eigenvalue weighted by atomic mass is 9.86. The number of aryl methyl sites for hydroxylation is 1. The molecule has 5 nitrogen and oxygen atoms in total. The van der Waals surface area contributed by atoms with Crippen LogP contribution in [0.5, 0.6) is 0 Å². The van der Waals surface area contributed by atoms with Crippen LogP contribution >= 0.6 is 11.6 Å². The van der Waals surface area contributed by atoms with Crippen LogP contribution in [0.15, 0.2) is 60.2 Å². The van der Waals surface area contributed by atoms with Crippen molar-refractivity contribution in [2.45, 2.75) is 53.0 Å². The Kier molecular flexibility index (Phi) is 6.26. The monoisotopic (exact) mass is 476 g/mol. The van der Waals surface area contributed by atoms with Crippen molar-refractivity contribution in [3.05, 3.63) is 76.5 Å². The number of nitrogens with zero attached hydrogens (tertiary/aromatic N) is 4. The van der Waals surface area contributed by atoms with Gasteiger partial charge in [0.1, 0.15) is 0 Å². The Labute approximate surface area is 207 Å². The molecule has 2 aromatic rings. The van der Waals surface area contributed by atoms with Crippen molar-refractivity contribution in [1.29, 1.82) is 0 Å². The molecule has 0 aromatic carbocycles. The first-order chi connectivity index (χ1) is 16.3. The molecule has 1 fully saturated rings. The van der Waals surface area contributed by atoms with Gasteiger partial charge >= 0.3 is 0 Å². The third-order valence-electron chi connectivity index (χ3n) is 7.42. The van der Waals surface area contributed by atoms with Crippen LogP contribution in [-0.2, 0) is 4.79 Å². The van der Waals surface area contributed by atoms with E-state index in [0.29, 0.717) is 17.0 Å². The minimum absolute atomic E-state index is 0.00713. The molecule has 5 heterocycles. The smallest absolute Gasteiger partial charge is 0.255 e. The number of fused-ring (bicyclic) bond motifs is 2. The summed E-state index contributed by atoms with van der Waals surface area (Å²) >= 11 is 6.56. The molecule has 0 bridgehead atoms. The molecule has 2 aromatic heterocycles. The normalized spacial score (nSPS) is 22.4. The van der Waals surface area contributed by atoms with E-state index in [1.54, 1.807) is 6.08 Å². The van der Waals surface area contributed by atoms with Crippen molar-refractivity contribution in [3.8, 4) is 0 Å². The van der Waals surface area contributed by atoms with Gasteiger partial charge in [0.2, 0.25) is 0 Å². The van der Waals surface area contributed by atoms with Gasteiger partial charge in [0.25, 0.3) is 5.91 Å². The topological polar surface area (TPSA) is 40.9 Å². The van der Waals surface area contributed by atoms with E-state index in [-0.39, 0.29) is 11.8 Å². The summed E-state index contributed by atoms with van der Waals surface area (Å²) in [7, 11) is 0. The molecular formula is C28H33ClN4O. The highest BCUT2D eigenvalue weighted by Crippen LogP contribution is 2.35. The Hall–Kier alpha value is -2.63. The summed E-state index contributed by atoms with van der Waals surface area (Å²) in [6, 6.07) is 2.53. The Morgan fingerprint density at radius 2 is 1.91 bits per heavy atom. The number of hydrogen-bond acceptors (Lipinski definition) is 3. The van der Waals surface area contributed by atoms with E-state index in [0.717, 1.165) is 60.5 Å². The molecular weight excluding hydrogens is 444 g/mol. The second-order valence-electron chi connectivity index (χ2n) is 10.1. The quantitative estimate of drug-likeness (QED) is 0.545. The second-order valence-corrected chi connectivity index (χ2v) is 10.5. The lowest BCUT2D eigenvalue weighted by Gasteiger charge is -2.36. The number of likely N-dealkylation sites (tertiary alicyclic amines) is 1. The van der Waals surface area contributed by atoms with Crippen LogP contribution in [-0.4, -0.2) is 44.2 Å². The average Bonchev–Trinajstić information content (AvgIpc) is 3.20. The van der Waals surface area contributed by atoms with E-state index >= 15 is 0 Å². The molecule has 0 N–H and O–H groups in total. The maximum atomic E-state index is 13.5. The summed E-state index contributed by atoms with van der Waals surface area (Å²) in [5.41, 5.74) is 5.85. The fraction of sp³-hybridized carbons (Fsp3) is 0.429. The van der Waals surface area contributed by atoms with Gasteiger partial charge < -0.3 is 9.30 Å². The van der Waals surface area contributed by atoms with Crippen LogP contribution in [0.3, 0.4) is 0 Å². The third kappa shape index (κ3) is 4.39. The summed E-state index contributed by atoms with van der Waals surface area (Å²) in [5.74, 6) is 0.683.